The summed E-state index contributed by atoms with van der Waals surface area (Å²) in [6.07, 6.45) is 2.57. The van der Waals surface area contributed by atoms with Crippen LogP contribution in [0, 0.1) is 0 Å². The average molecular weight is 332 g/mol. The molecule has 0 N–H and O–H groups in total. The molecule has 1 aromatic rings. The van der Waals surface area contributed by atoms with E-state index in [9.17, 15) is 0 Å². The van der Waals surface area contributed by atoms with Gasteiger partial charge in [0.2, 0.25) is 0 Å². The minimum atomic E-state index is 0.0528. The molecule has 3 heterocycles. The molecule has 0 spiro atoms. The molecule has 0 radical (unpaired) electrons. The van der Waals surface area contributed by atoms with Gasteiger partial charge in [0.15, 0.2) is 0 Å². The Bertz CT molecular complexity index is 538. The SMILES string of the molecule is COc1ccc(C2(N3CCC[C@@H](N4CCOCC4)C3)COC2)cc1. The maximum absolute atomic E-state index is 5.68. The lowest BCUT2D eigenvalue weighted by molar-refractivity contribution is -0.159. The number of hydrogen-bond acceptors (Lipinski definition) is 5. The standard InChI is InChI=1S/C19H28N2O3/c1-22-18-6-4-16(5-7-18)19(14-24-15-19)21-8-2-3-17(13-21)20-9-11-23-12-10-20/h4-7,17H,2-3,8-15H2,1H3/t17-/m1/s1. The highest BCUT2D eigenvalue weighted by Crippen LogP contribution is 2.39. The molecule has 3 saturated heterocycles. The summed E-state index contributed by atoms with van der Waals surface area (Å²) in [5, 5.41) is 0. The zero-order valence-corrected chi connectivity index (χ0v) is 14.6. The molecule has 1 atom stereocenters. The number of piperidine rings is 1. The summed E-state index contributed by atoms with van der Waals surface area (Å²) in [7, 11) is 1.72. The maximum Gasteiger partial charge on any atom is 0.118 e. The van der Waals surface area contributed by atoms with Gasteiger partial charge in [0.05, 0.1) is 39.1 Å². The number of benzene rings is 1. The van der Waals surface area contributed by atoms with E-state index in [2.05, 4.69) is 34.1 Å². The number of hydrogen-bond donors (Lipinski definition) is 0. The summed E-state index contributed by atoms with van der Waals surface area (Å²) >= 11 is 0. The first-order valence-corrected chi connectivity index (χ1v) is 9.11. The minimum absolute atomic E-state index is 0.0528. The van der Waals surface area contributed by atoms with E-state index in [1.807, 2.05) is 0 Å². The van der Waals surface area contributed by atoms with E-state index in [4.69, 9.17) is 14.2 Å². The summed E-state index contributed by atoms with van der Waals surface area (Å²) in [5.41, 5.74) is 1.41. The zero-order chi connectivity index (χ0) is 16.4. The number of ether oxygens (including phenoxy) is 3. The van der Waals surface area contributed by atoms with Crippen LogP contribution in [0.2, 0.25) is 0 Å². The fourth-order valence-electron chi connectivity index (χ4n) is 4.31. The van der Waals surface area contributed by atoms with Crippen LogP contribution in [-0.2, 0) is 15.0 Å². The first kappa shape index (κ1) is 16.3. The Labute approximate surface area is 144 Å². The van der Waals surface area contributed by atoms with Crippen molar-refractivity contribution in [2.45, 2.75) is 24.4 Å². The first-order valence-electron chi connectivity index (χ1n) is 9.11. The summed E-state index contributed by atoms with van der Waals surface area (Å²) in [4.78, 5) is 5.29. The summed E-state index contributed by atoms with van der Waals surface area (Å²) in [6.45, 7) is 7.80. The summed E-state index contributed by atoms with van der Waals surface area (Å²) < 4.78 is 16.5. The van der Waals surface area contributed by atoms with Crippen molar-refractivity contribution in [3.8, 4) is 5.75 Å². The van der Waals surface area contributed by atoms with Crippen LogP contribution in [0.1, 0.15) is 18.4 Å². The molecule has 5 heteroatoms. The predicted octanol–water partition coefficient (Wildman–Crippen LogP) is 1.72. The zero-order valence-electron chi connectivity index (χ0n) is 14.6. The van der Waals surface area contributed by atoms with Gasteiger partial charge in [-0.1, -0.05) is 12.1 Å². The van der Waals surface area contributed by atoms with Crippen molar-refractivity contribution < 1.29 is 14.2 Å². The van der Waals surface area contributed by atoms with Gasteiger partial charge in [-0.3, -0.25) is 9.80 Å². The van der Waals surface area contributed by atoms with Gasteiger partial charge in [0.1, 0.15) is 5.75 Å². The summed E-state index contributed by atoms with van der Waals surface area (Å²) in [5.74, 6) is 0.916. The molecule has 0 unspecified atom stereocenters. The third kappa shape index (κ3) is 2.94. The third-order valence-corrected chi connectivity index (χ3v) is 5.87. The van der Waals surface area contributed by atoms with Crippen LogP contribution >= 0.6 is 0 Å². The van der Waals surface area contributed by atoms with Crippen molar-refractivity contribution in [2.75, 3.05) is 59.7 Å². The number of rotatable bonds is 4. The molecule has 1 aromatic carbocycles. The van der Waals surface area contributed by atoms with Crippen LogP contribution in [-0.4, -0.2) is 75.6 Å². The summed E-state index contributed by atoms with van der Waals surface area (Å²) in [6, 6.07) is 9.20. The molecule has 3 fully saturated rings. The van der Waals surface area contributed by atoms with Crippen molar-refractivity contribution in [3.63, 3.8) is 0 Å². The highest BCUT2D eigenvalue weighted by Gasteiger charge is 2.47. The molecule has 0 saturated carbocycles. The monoisotopic (exact) mass is 332 g/mol. The van der Waals surface area contributed by atoms with Crippen LogP contribution in [0.15, 0.2) is 24.3 Å². The molecule has 0 amide bonds. The molecule has 132 valence electrons. The van der Waals surface area contributed by atoms with Crippen LogP contribution in [0.5, 0.6) is 5.75 Å². The lowest BCUT2D eigenvalue weighted by Crippen LogP contribution is -2.64. The van der Waals surface area contributed by atoms with E-state index in [0.29, 0.717) is 6.04 Å². The van der Waals surface area contributed by atoms with Crippen molar-refractivity contribution >= 4 is 0 Å². The number of nitrogens with zero attached hydrogens (tertiary/aromatic N) is 2. The fourth-order valence-corrected chi connectivity index (χ4v) is 4.31. The highest BCUT2D eigenvalue weighted by molar-refractivity contribution is 5.33. The van der Waals surface area contributed by atoms with Crippen molar-refractivity contribution in [1.82, 2.24) is 9.80 Å². The van der Waals surface area contributed by atoms with Gasteiger partial charge in [-0.05, 0) is 37.1 Å². The van der Waals surface area contributed by atoms with E-state index >= 15 is 0 Å². The Morgan fingerprint density at radius 2 is 1.79 bits per heavy atom. The molecular weight excluding hydrogens is 304 g/mol. The molecule has 4 rings (SSSR count). The first-order chi connectivity index (χ1) is 11.8. The predicted molar refractivity (Wildman–Crippen MR) is 92.5 cm³/mol. The Kier molecular flexibility index (Phi) is 4.77. The van der Waals surface area contributed by atoms with E-state index in [0.717, 1.165) is 58.4 Å². The fraction of sp³-hybridized carbons (Fsp3) is 0.684. The Balaban J connectivity index is 1.51. The smallest absolute Gasteiger partial charge is 0.118 e. The molecule has 0 bridgehead atoms. The minimum Gasteiger partial charge on any atom is -0.497 e. The van der Waals surface area contributed by atoms with Gasteiger partial charge in [-0.2, -0.15) is 0 Å². The van der Waals surface area contributed by atoms with Gasteiger partial charge < -0.3 is 14.2 Å². The second-order valence-corrected chi connectivity index (χ2v) is 7.14. The van der Waals surface area contributed by atoms with E-state index in [1.54, 1.807) is 7.11 Å². The number of likely N-dealkylation sites (tertiary alicyclic amines) is 1. The largest absolute Gasteiger partial charge is 0.497 e. The normalized spacial score (nSPS) is 28.3. The molecule has 3 aliphatic heterocycles. The quantitative estimate of drug-likeness (QED) is 0.839. The van der Waals surface area contributed by atoms with Gasteiger partial charge in [0, 0.05) is 25.7 Å². The second-order valence-electron chi connectivity index (χ2n) is 7.14. The number of methoxy groups -OCH3 is 1. The lowest BCUT2D eigenvalue weighted by Gasteiger charge is -2.54. The van der Waals surface area contributed by atoms with Crippen LogP contribution in [0.3, 0.4) is 0 Å². The number of morpholine rings is 1. The Hall–Kier alpha value is -1.14. The van der Waals surface area contributed by atoms with Crippen molar-refractivity contribution in [1.29, 1.82) is 0 Å². The Morgan fingerprint density at radius 3 is 2.42 bits per heavy atom. The van der Waals surface area contributed by atoms with E-state index in [1.165, 1.54) is 18.4 Å². The lowest BCUT2D eigenvalue weighted by atomic mass is 9.83. The van der Waals surface area contributed by atoms with Crippen LogP contribution in [0.4, 0.5) is 0 Å². The van der Waals surface area contributed by atoms with Gasteiger partial charge >= 0.3 is 0 Å². The molecular formula is C19H28N2O3. The molecule has 5 nitrogen and oxygen atoms in total. The van der Waals surface area contributed by atoms with E-state index in [-0.39, 0.29) is 5.54 Å². The van der Waals surface area contributed by atoms with Crippen molar-refractivity contribution in [3.05, 3.63) is 29.8 Å². The topological polar surface area (TPSA) is 34.2 Å². The second kappa shape index (κ2) is 7.00. The van der Waals surface area contributed by atoms with Crippen molar-refractivity contribution in [2.24, 2.45) is 0 Å². The highest BCUT2D eigenvalue weighted by atomic mass is 16.5. The van der Waals surface area contributed by atoms with Crippen LogP contribution < -0.4 is 4.74 Å². The third-order valence-electron chi connectivity index (χ3n) is 5.87. The molecule has 3 aliphatic rings. The maximum atomic E-state index is 5.68. The van der Waals surface area contributed by atoms with Gasteiger partial charge in [-0.15, -0.1) is 0 Å². The molecule has 0 aromatic heterocycles. The average Bonchev–Trinajstić information content (AvgIpc) is 2.62. The van der Waals surface area contributed by atoms with E-state index < -0.39 is 0 Å². The van der Waals surface area contributed by atoms with Gasteiger partial charge in [0.25, 0.3) is 0 Å². The van der Waals surface area contributed by atoms with Crippen LogP contribution in [0.25, 0.3) is 0 Å². The molecule has 0 aliphatic carbocycles. The van der Waals surface area contributed by atoms with Gasteiger partial charge in [-0.25, -0.2) is 0 Å². The Morgan fingerprint density at radius 1 is 1.04 bits per heavy atom. The molecule has 24 heavy (non-hydrogen) atoms.